The molecule has 184 valence electrons. The molecule has 3 aromatic rings. The lowest BCUT2D eigenvalue weighted by molar-refractivity contribution is 0.0728. The Morgan fingerprint density at radius 1 is 0.971 bits per heavy atom. The van der Waals surface area contributed by atoms with E-state index in [0.717, 1.165) is 6.42 Å². The quantitative estimate of drug-likeness (QED) is 0.165. The van der Waals surface area contributed by atoms with E-state index in [1.807, 2.05) is 6.92 Å². The lowest BCUT2D eigenvalue weighted by Crippen LogP contribution is -2.18. The summed E-state index contributed by atoms with van der Waals surface area (Å²) in [6, 6.07) is 17.1. The highest BCUT2D eigenvalue weighted by Crippen LogP contribution is 2.29. The van der Waals surface area contributed by atoms with E-state index in [1.54, 1.807) is 49.4 Å². The van der Waals surface area contributed by atoms with E-state index in [4.69, 9.17) is 25.8 Å². The minimum Gasteiger partial charge on any atom is -0.494 e. The topological polar surface area (TPSA) is 103 Å². The highest BCUT2D eigenvalue weighted by Gasteiger charge is 2.14. The highest BCUT2D eigenvalue weighted by atomic mass is 35.5. The van der Waals surface area contributed by atoms with Crippen molar-refractivity contribution >= 4 is 33.8 Å². The van der Waals surface area contributed by atoms with Crippen LogP contribution < -0.4 is 19.0 Å². The van der Waals surface area contributed by atoms with Crippen molar-refractivity contribution in [3.63, 3.8) is 0 Å². The van der Waals surface area contributed by atoms with Gasteiger partial charge in [-0.2, -0.15) is 13.5 Å². The third-order valence-electron chi connectivity index (χ3n) is 4.54. The van der Waals surface area contributed by atoms with Crippen molar-refractivity contribution < 1.29 is 27.4 Å². The number of sulfonamides is 1. The average Bonchev–Trinajstić information content (AvgIpc) is 2.85. The number of hydrogen-bond acceptors (Lipinski definition) is 7. The van der Waals surface area contributed by atoms with Crippen molar-refractivity contribution in [1.29, 1.82) is 0 Å². The molecule has 3 aromatic carbocycles. The third kappa shape index (κ3) is 7.46. The third-order valence-corrected chi connectivity index (χ3v) is 6.03. The van der Waals surface area contributed by atoms with E-state index in [1.165, 1.54) is 30.5 Å². The largest absolute Gasteiger partial charge is 0.494 e. The van der Waals surface area contributed by atoms with Crippen molar-refractivity contribution in [3.8, 4) is 17.2 Å². The summed E-state index contributed by atoms with van der Waals surface area (Å²) < 4.78 is 41.3. The first-order valence-electron chi connectivity index (χ1n) is 10.8. The van der Waals surface area contributed by atoms with Gasteiger partial charge in [0.2, 0.25) is 0 Å². The molecule has 1 N–H and O–H groups in total. The number of nitrogens with zero attached hydrogens (tertiary/aromatic N) is 1. The molecule has 3 rings (SSSR count). The Labute approximate surface area is 209 Å². The molecule has 0 saturated heterocycles. The molecule has 0 heterocycles. The van der Waals surface area contributed by atoms with Gasteiger partial charge >= 0.3 is 5.97 Å². The summed E-state index contributed by atoms with van der Waals surface area (Å²) in [7, 11) is -3.85. The number of esters is 1. The lowest BCUT2D eigenvalue weighted by atomic mass is 10.2. The molecule has 0 saturated carbocycles. The minimum atomic E-state index is -3.85. The van der Waals surface area contributed by atoms with Gasteiger partial charge in [0, 0.05) is 5.02 Å². The Hall–Kier alpha value is -3.56. The second kappa shape index (κ2) is 12.2. The smallest absolute Gasteiger partial charge is 0.343 e. The van der Waals surface area contributed by atoms with Crippen LogP contribution in [0, 0.1) is 0 Å². The van der Waals surface area contributed by atoms with E-state index in [-0.39, 0.29) is 10.6 Å². The Morgan fingerprint density at radius 2 is 1.69 bits per heavy atom. The Kier molecular flexibility index (Phi) is 9.11. The standard InChI is InChI=1S/C25H25ClN2O6S/c1-3-15-33-21-10-6-19(7-11-21)25(29)34-23-14-5-18(16-24(23)32-4-2)17-27-28-35(30,31)22-12-8-20(26)9-13-22/h5-14,16-17,28H,3-4,15H2,1-2H3/b27-17-. The zero-order valence-corrected chi connectivity index (χ0v) is 20.8. The van der Waals surface area contributed by atoms with Crippen molar-refractivity contribution in [2.24, 2.45) is 5.10 Å². The predicted molar refractivity (Wildman–Crippen MR) is 134 cm³/mol. The molecule has 0 radical (unpaired) electrons. The van der Waals surface area contributed by atoms with Gasteiger partial charge in [-0.05, 0) is 85.6 Å². The van der Waals surface area contributed by atoms with E-state index in [2.05, 4.69) is 9.93 Å². The molecule has 0 fully saturated rings. The number of hydrazone groups is 1. The molecule has 0 aliphatic rings. The number of carbonyl (C=O) groups excluding carboxylic acids is 1. The number of benzene rings is 3. The summed E-state index contributed by atoms with van der Waals surface area (Å²) in [6.45, 7) is 4.73. The zero-order chi connectivity index (χ0) is 25.3. The van der Waals surface area contributed by atoms with Crippen LogP contribution in [-0.2, 0) is 10.0 Å². The van der Waals surface area contributed by atoms with Crippen LogP contribution in [0.2, 0.25) is 5.02 Å². The molecule has 8 nitrogen and oxygen atoms in total. The Bertz CT molecular complexity index is 1280. The van der Waals surface area contributed by atoms with Crippen LogP contribution in [0.4, 0.5) is 0 Å². The first-order valence-corrected chi connectivity index (χ1v) is 12.7. The molecule has 0 aromatic heterocycles. The molecule has 0 atom stereocenters. The molecular weight excluding hydrogens is 492 g/mol. The summed E-state index contributed by atoms with van der Waals surface area (Å²) in [5.41, 5.74) is 0.892. The average molecular weight is 517 g/mol. The van der Waals surface area contributed by atoms with Crippen LogP contribution in [0.25, 0.3) is 0 Å². The zero-order valence-electron chi connectivity index (χ0n) is 19.2. The van der Waals surface area contributed by atoms with Crippen LogP contribution in [0.15, 0.2) is 76.7 Å². The molecule has 35 heavy (non-hydrogen) atoms. The number of ether oxygens (including phenoxy) is 3. The van der Waals surface area contributed by atoms with Gasteiger partial charge in [0.15, 0.2) is 11.5 Å². The van der Waals surface area contributed by atoms with Gasteiger partial charge in [0.05, 0.1) is 29.9 Å². The Morgan fingerprint density at radius 3 is 2.34 bits per heavy atom. The molecule has 0 unspecified atom stereocenters. The molecule has 0 aliphatic carbocycles. The van der Waals surface area contributed by atoms with Gasteiger partial charge < -0.3 is 14.2 Å². The van der Waals surface area contributed by atoms with Gasteiger partial charge in [-0.3, -0.25) is 0 Å². The van der Waals surface area contributed by atoms with Crippen LogP contribution in [-0.4, -0.2) is 33.8 Å². The van der Waals surface area contributed by atoms with Gasteiger partial charge in [-0.25, -0.2) is 9.63 Å². The first kappa shape index (κ1) is 26.1. The number of nitrogens with one attached hydrogen (secondary N) is 1. The normalized spacial score (nSPS) is 11.3. The second-order valence-corrected chi connectivity index (χ2v) is 9.31. The maximum atomic E-state index is 12.6. The Balaban J connectivity index is 1.70. The lowest BCUT2D eigenvalue weighted by Gasteiger charge is -2.12. The second-order valence-electron chi connectivity index (χ2n) is 7.21. The summed E-state index contributed by atoms with van der Waals surface area (Å²) in [4.78, 5) is 14.8. The van der Waals surface area contributed by atoms with Crippen molar-refractivity contribution in [1.82, 2.24) is 4.83 Å². The molecule has 0 amide bonds. The molecule has 0 spiro atoms. The fraction of sp³-hybridized carbons (Fsp3) is 0.200. The van der Waals surface area contributed by atoms with Gasteiger partial charge in [-0.1, -0.05) is 18.5 Å². The fourth-order valence-electron chi connectivity index (χ4n) is 2.86. The van der Waals surface area contributed by atoms with Crippen molar-refractivity contribution in [3.05, 3.63) is 82.9 Å². The van der Waals surface area contributed by atoms with Crippen LogP contribution in [0.3, 0.4) is 0 Å². The van der Waals surface area contributed by atoms with Gasteiger partial charge in [0.25, 0.3) is 10.0 Å². The van der Waals surface area contributed by atoms with Crippen LogP contribution >= 0.6 is 11.6 Å². The number of halogens is 1. The first-order chi connectivity index (χ1) is 16.8. The van der Waals surface area contributed by atoms with Crippen molar-refractivity contribution in [2.75, 3.05) is 13.2 Å². The van der Waals surface area contributed by atoms with E-state index < -0.39 is 16.0 Å². The highest BCUT2D eigenvalue weighted by molar-refractivity contribution is 7.89. The fourth-order valence-corrected chi connectivity index (χ4v) is 3.78. The van der Waals surface area contributed by atoms with Crippen LogP contribution in [0.5, 0.6) is 17.2 Å². The summed E-state index contributed by atoms with van der Waals surface area (Å²) >= 11 is 5.80. The predicted octanol–water partition coefficient (Wildman–Crippen LogP) is 5.06. The number of hydrogen-bond donors (Lipinski definition) is 1. The molecule has 0 aliphatic heterocycles. The summed E-state index contributed by atoms with van der Waals surface area (Å²) in [5, 5.41) is 4.24. The SMILES string of the molecule is CCCOc1ccc(C(=O)Oc2ccc(/C=N\NS(=O)(=O)c3ccc(Cl)cc3)cc2OCC)cc1. The molecular formula is C25H25ClN2O6S. The number of carbonyl (C=O) groups is 1. The summed E-state index contributed by atoms with van der Waals surface area (Å²) in [5.74, 6) is 0.661. The van der Waals surface area contributed by atoms with Crippen LogP contribution in [0.1, 0.15) is 36.2 Å². The number of rotatable bonds is 11. The van der Waals surface area contributed by atoms with Gasteiger partial charge in [0.1, 0.15) is 5.75 Å². The molecule has 10 heteroatoms. The maximum Gasteiger partial charge on any atom is 0.343 e. The van der Waals surface area contributed by atoms with E-state index >= 15 is 0 Å². The summed E-state index contributed by atoms with van der Waals surface area (Å²) in [6.07, 6.45) is 2.20. The van der Waals surface area contributed by atoms with Gasteiger partial charge in [-0.15, -0.1) is 0 Å². The maximum absolute atomic E-state index is 12.6. The monoisotopic (exact) mass is 516 g/mol. The van der Waals surface area contributed by atoms with E-state index in [0.29, 0.717) is 40.9 Å². The van der Waals surface area contributed by atoms with Crippen molar-refractivity contribution in [2.45, 2.75) is 25.2 Å². The minimum absolute atomic E-state index is 0.0290. The molecule has 0 bridgehead atoms. The van der Waals surface area contributed by atoms with E-state index in [9.17, 15) is 13.2 Å².